The third kappa shape index (κ3) is 7.99. The second-order valence-corrected chi connectivity index (χ2v) is 12.1. The fraction of sp³-hybridized carbons (Fsp3) is 0.300. The molecular weight excluding hydrogens is 621 g/mol. The summed E-state index contributed by atoms with van der Waals surface area (Å²) in [6.45, 7) is 2.70. The predicted octanol–water partition coefficient (Wildman–Crippen LogP) is 3.59. The summed E-state index contributed by atoms with van der Waals surface area (Å²) in [6, 6.07) is 9.69. The number of amides is 3. The van der Waals surface area contributed by atoms with Crippen molar-refractivity contribution in [3.8, 4) is 5.75 Å². The van der Waals surface area contributed by atoms with Crippen LogP contribution in [-0.4, -0.2) is 68.3 Å². The largest absolute Gasteiger partial charge is 0.524 e. The van der Waals surface area contributed by atoms with Crippen LogP contribution in [0.5, 0.6) is 5.75 Å². The summed E-state index contributed by atoms with van der Waals surface area (Å²) in [4.78, 5) is 77.4. The van der Waals surface area contributed by atoms with Gasteiger partial charge in [-0.25, -0.2) is 24.0 Å². The molecule has 242 valence electrons. The van der Waals surface area contributed by atoms with Crippen LogP contribution in [0.2, 0.25) is 0 Å². The second kappa shape index (κ2) is 13.2. The standard InChI is InChI=1S/C30H32N5O10P/c1-16-3-4-19(27(36)33-20-7-8-20)13-24(16)34-26(31)25-17(2)23(14-32-25)28(37)35(21-9-10-21)30(39)44-15-43-29(38)18-5-11-22(12-6-18)45-46(40,41)42/h3-6,11-14,20-21,32H,7-10,15H2,1-2H3,(H2,31,34)(H,33,36)(H2,40,41,42). The number of hydrogen-bond acceptors (Lipinski definition) is 9. The van der Waals surface area contributed by atoms with Gasteiger partial charge < -0.3 is 30.0 Å². The molecule has 1 aromatic heterocycles. The average molecular weight is 654 g/mol. The summed E-state index contributed by atoms with van der Waals surface area (Å²) >= 11 is 0. The van der Waals surface area contributed by atoms with Crippen LogP contribution in [0.15, 0.2) is 53.7 Å². The SMILES string of the molecule is Cc1ccc(C(=O)NC2CC2)cc1N=C(N)c1[nH]cc(C(=O)N(C(=O)OCOC(=O)c2ccc(OP(=O)(O)O)cc2)C2CC2)c1C. The van der Waals surface area contributed by atoms with E-state index in [-0.39, 0.29) is 34.7 Å². The molecule has 0 spiro atoms. The number of nitrogens with one attached hydrogen (secondary N) is 2. The van der Waals surface area contributed by atoms with E-state index in [0.717, 1.165) is 35.4 Å². The number of hydrogen-bond donors (Lipinski definition) is 5. The Morgan fingerprint density at radius 2 is 1.70 bits per heavy atom. The number of phosphoric ester groups is 1. The zero-order chi connectivity index (χ0) is 33.2. The van der Waals surface area contributed by atoms with Gasteiger partial charge in [0.05, 0.1) is 22.5 Å². The van der Waals surface area contributed by atoms with Gasteiger partial charge in [0.1, 0.15) is 11.6 Å². The molecule has 3 amide bonds. The number of benzene rings is 2. The lowest BCUT2D eigenvalue weighted by Crippen LogP contribution is -2.39. The molecule has 6 N–H and O–H groups in total. The molecule has 0 radical (unpaired) electrons. The first-order valence-electron chi connectivity index (χ1n) is 14.3. The molecular formula is C30H32N5O10P. The molecule has 2 fully saturated rings. The van der Waals surface area contributed by atoms with Crippen LogP contribution in [0, 0.1) is 13.8 Å². The van der Waals surface area contributed by atoms with E-state index in [1.807, 2.05) is 6.92 Å². The second-order valence-electron chi connectivity index (χ2n) is 10.9. The number of aromatic nitrogens is 1. The molecule has 0 saturated heterocycles. The number of carbonyl (C=O) groups excluding carboxylic acids is 4. The number of aryl methyl sites for hydroxylation is 1. The van der Waals surface area contributed by atoms with Gasteiger partial charge in [-0.1, -0.05) is 6.07 Å². The quantitative estimate of drug-likeness (QED) is 0.0661. The third-order valence-corrected chi connectivity index (χ3v) is 7.71. The minimum Gasteiger partial charge on any atom is -0.424 e. The molecule has 2 aliphatic rings. The summed E-state index contributed by atoms with van der Waals surface area (Å²) in [5.41, 5.74) is 9.05. The van der Waals surface area contributed by atoms with Crippen LogP contribution in [-0.2, 0) is 14.0 Å². The van der Waals surface area contributed by atoms with E-state index in [9.17, 15) is 23.7 Å². The van der Waals surface area contributed by atoms with Gasteiger partial charge in [-0.3, -0.25) is 19.4 Å². The monoisotopic (exact) mass is 653 g/mol. The van der Waals surface area contributed by atoms with Crippen molar-refractivity contribution in [2.75, 3.05) is 6.79 Å². The van der Waals surface area contributed by atoms with Gasteiger partial charge in [0.25, 0.3) is 11.8 Å². The molecule has 3 aromatic rings. The smallest absolute Gasteiger partial charge is 0.424 e. The number of aliphatic imine (C=N–C) groups is 1. The highest BCUT2D eigenvalue weighted by molar-refractivity contribution is 7.46. The van der Waals surface area contributed by atoms with Crippen molar-refractivity contribution >= 4 is 43.2 Å². The Balaban J connectivity index is 1.23. The Kier molecular flexibility index (Phi) is 9.28. The molecule has 15 nitrogen and oxygen atoms in total. The highest BCUT2D eigenvalue weighted by Gasteiger charge is 2.40. The van der Waals surface area contributed by atoms with E-state index in [4.69, 9.17) is 25.0 Å². The zero-order valence-electron chi connectivity index (χ0n) is 24.9. The first-order valence-corrected chi connectivity index (χ1v) is 15.8. The Morgan fingerprint density at radius 3 is 2.33 bits per heavy atom. The number of rotatable bonds is 11. The van der Waals surface area contributed by atoms with E-state index >= 15 is 0 Å². The molecule has 2 aromatic carbocycles. The maximum atomic E-state index is 13.5. The highest BCUT2D eigenvalue weighted by atomic mass is 31.2. The molecule has 2 aliphatic carbocycles. The van der Waals surface area contributed by atoms with Gasteiger partial charge in [-0.15, -0.1) is 0 Å². The van der Waals surface area contributed by atoms with E-state index in [1.54, 1.807) is 25.1 Å². The normalized spacial score (nSPS) is 14.7. The number of phosphoric acid groups is 1. The first kappa shape index (κ1) is 32.4. The fourth-order valence-corrected chi connectivity index (χ4v) is 4.87. The average Bonchev–Trinajstić information content (AvgIpc) is 3.93. The third-order valence-electron chi connectivity index (χ3n) is 7.27. The van der Waals surface area contributed by atoms with Crippen LogP contribution >= 0.6 is 7.82 Å². The molecule has 0 bridgehead atoms. The number of carbonyl (C=O) groups is 4. The van der Waals surface area contributed by atoms with E-state index in [1.165, 1.54) is 18.3 Å². The molecule has 16 heteroatoms. The van der Waals surface area contributed by atoms with Crippen molar-refractivity contribution in [3.63, 3.8) is 0 Å². The van der Waals surface area contributed by atoms with Crippen molar-refractivity contribution in [2.45, 2.75) is 51.6 Å². The van der Waals surface area contributed by atoms with E-state index in [2.05, 4.69) is 19.8 Å². The minimum atomic E-state index is -4.76. The zero-order valence-corrected chi connectivity index (χ0v) is 25.8. The van der Waals surface area contributed by atoms with Gasteiger partial charge in [0.15, 0.2) is 0 Å². The van der Waals surface area contributed by atoms with Crippen LogP contribution in [0.1, 0.15) is 73.6 Å². The maximum absolute atomic E-state index is 13.5. The number of ether oxygens (including phenoxy) is 2. The van der Waals surface area contributed by atoms with Crippen molar-refractivity contribution < 1.29 is 47.5 Å². The summed E-state index contributed by atoms with van der Waals surface area (Å²) in [5.74, 6) is -1.79. The molecule has 0 unspecified atom stereocenters. The minimum absolute atomic E-state index is 0.00223. The summed E-state index contributed by atoms with van der Waals surface area (Å²) in [6.07, 6.45) is 3.49. The molecule has 0 atom stereocenters. The van der Waals surface area contributed by atoms with Gasteiger partial charge in [-0.05, 0) is 87.1 Å². The first-order chi connectivity index (χ1) is 21.8. The van der Waals surface area contributed by atoms with Gasteiger partial charge >= 0.3 is 19.9 Å². The number of imide groups is 1. The highest BCUT2D eigenvalue weighted by Crippen LogP contribution is 2.37. The lowest BCUT2D eigenvalue weighted by molar-refractivity contribution is -0.0110. The van der Waals surface area contributed by atoms with Crippen molar-refractivity contribution in [3.05, 3.63) is 82.2 Å². The van der Waals surface area contributed by atoms with Crippen molar-refractivity contribution in [1.82, 2.24) is 15.2 Å². The fourth-order valence-electron chi connectivity index (χ4n) is 4.47. The molecule has 46 heavy (non-hydrogen) atoms. The van der Waals surface area contributed by atoms with Crippen LogP contribution in [0.3, 0.4) is 0 Å². The molecule has 0 aliphatic heterocycles. The lowest BCUT2D eigenvalue weighted by Gasteiger charge is -2.20. The van der Waals surface area contributed by atoms with Crippen LogP contribution in [0.25, 0.3) is 0 Å². The Morgan fingerprint density at radius 1 is 1.02 bits per heavy atom. The number of aromatic amines is 1. The van der Waals surface area contributed by atoms with Gasteiger partial charge in [-0.2, -0.15) is 0 Å². The molecule has 2 saturated carbocycles. The molecule has 5 rings (SSSR count). The van der Waals surface area contributed by atoms with E-state index in [0.29, 0.717) is 35.3 Å². The number of nitrogens with two attached hydrogens (primary N) is 1. The van der Waals surface area contributed by atoms with Crippen LogP contribution < -0.4 is 15.6 Å². The lowest BCUT2D eigenvalue weighted by atomic mass is 10.1. The van der Waals surface area contributed by atoms with Crippen molar-refractivity contribution in [1.29, 1.82) is 0 Å². The number of nitrogens with zero attached hydrogens (tertiary/aromatic N) is 2. The van der Waals surface area contributed by atoms with Crippen LogP contribution in [0.4, 0.5) is 10.5 Å². The number of amidine groups is 1. The Bertz CT molecular complexity index is 1760. The predicted molar refractivity (Wildman–Crippen MR) is 163 cm³/mol. The van der Waals surface area contributed by atoms with Crippen molar-refractivity contribution in [2.24, 2.45) is 10.7 Å². The number of H-pyrrole nitrogens is 1. The van der Waals surface area contributed by atoms with E-state index < -0.39 is 38.6 Å². The topological polar surface area (TPSA) is 223 Å². The Labute approximate surface area is 263 Å². The van der Waals surface area contributed by atoms with Gasteiger partial charge in [0.2, 0.25) is 6.79 Å². The summed E-state index contributed by atoms with van der Waals surface area (Å²) < 4.78 is 25.4. The maximum Gasteiger partial charge on any atom is 0.524 e. The summed E-state index contributed by atoms with van der Waals surface area (Å²) in [7, 11) is -4.76. The van der Waals surface area contributed by atoms with Gasteiger partial charge in [0, 0.05) is 23.8 Å². The summed E-state index contributed by atoms with van der Waals surface area (Å²) in [5, 5.41) is 2.94. The molecule has 1 heterocycles. The Hall–Kier alpha value is -4.98. The number of esters is 1.